The smallest absolute Gasteiger partial charge is 0.261 e. The van der Waals surface area contributed by atoms with Gasteiger partial charge in [-0.2, -0.15) is 0 Å². The van der Waals surface area contributed by atoms with Gasteiger partial charge in [0.15, 0.2) is 0 Å². The van der Waals surface area contributed by atoms with Crippen LogP contribution in [0.3, 0.4) is 0 Å². The Balaban J connectivity index is 1.44. The molecule has 1 atom stereocenters. The van der Waals surface area contributed by atoms with Crippen molar-refractivity contribution in [2.45, 2.75) is 12.5 Å². The number of carbonyl (C=O) groups excluding carboxylic acids is 1. The average Bonchev–Trinajstić information content (AvgIpc) is 3.35. The molecule has 3 aromatic heterocycles. The molecule has 1 unspecified atom stereocenters. The Kier molecular flexibility index (Phi) is 4.39. The molecule has 0 aliphatic carbocycles. The van der Waals surface area contributed by atoms with Gasteiger partial charge in [-0.1, -0.05) is 6.07 Å². The first-order valence-corrected chi connectivity index (χ1v) is 9.00. The summed E-state index contributed by atoms with van der Waals surface area (Å²) in [5, 5.41) is 5.00. The maximum Gasteiger partial charge on any atom is 0.261 e. The Morgan fingerprint density at radius 3 is 3.00 bits per heavy atom. The molecule has 0 radical (unpaired) electrons. The normalized spacial score (nSPS) is 16.8. The first kappa shape index (κ1) is 15.7. The molecule has 1 aliphatic heterocycles. The highest BCUT2D eigenvalue weighted by molar-refractivity contribution is 7.12. The van der Waals surface area contributed by atoms with Crippen LogP contribution in [0.25, 0.3) is 11.3 Å². The predicted octanol–water partition coefficient (Wildman–Crippen LogP) is 2.61. The van der Waals surface area contributed by atoms with E-state index in [2.05, 4.69) is 25.2 Å². The molecule has 6 nitrogen and oxygen atoms in total. The zero-order valence-corrected chi connectivity index (χ0v) is 14.3. The molecule has 0 spiro atoms. The largest absolute Gasteiger partial charge is 0.347 e. The zero-order valence-electron chi connectivity index (χ0n) is 13.5. The Morgan fingerprint density at radius 2 is 2.20 bits per heavy atom. The molecular formula is C18H17N5OS. The highest BCUT2D eigenvalue weighted by Crippen LogP contribution is 2.21. The fraction of sp³-hybridized carbons (Fsp3) is 0.222. The first-order chi connectivity index (χ1) is 12.3. The van der Waals surface area contributed by atoms with Crippen LogP contribution in [-0.4, -0.2) is 40.0 Å². The highest BCUT2D eigenvalue weighted by atomic mass is 32.1. The molecule has 1 fully saturated rings. The molecule has 0 aromatic carbocycles. The quantitative estimate of drug-likeness (QED) is 0.782. The average molecular weight is 351 g/mol. The second-order valence-corrected chi connectivity index (χ2v) is 6.81. The van der Waals surface area contributed by atoms with Gasteiger partial charge in [0.05, 0.1) is 10.6 Å². The second kappa shape index (κ2) is 6.98. The lowest BCUT2D eigenvalue weighted by molar-refractivity contribution is 0.0944. The fourth-order valence-electron chi connectivity index (χ4n) is 2.90. The van der Waals surface area contributed by atoms with E-state index >= 15 is 0 Å². The van der Waals surface area contributed by atoms with Gasteiger partial charge in [0.2, 0.25) is 5.95 Å². The monoisotopic (exact) mass is 351 g/mol. The minimum atomic E-state index is -0.00752. The fourth-order valence-corrected chi connectivity index (χ4v) is 3.53. The van der Waals surface area contributed by atoms with Crippen LogP contribution in [-0.2, 0) is 0 Å². The molecule has 4 heterocycles. The zero-order chi connectivity index (χ0) is 17.1. The highest BCUT2D eigenvalue weighted by Gasteiger charge is 2.26. The molecule has 4 rings (SSSR count). The van der Waals surface area contributed by atoms with Crippen LogP contribution in [0.4, 0.5) is 5.95 Å². The van der Waals surface area contributed by atoms with E-state index in [4.69, 9.17) is 0 Å². The van der Waals surface area contributed by atoms with Gasteiger partial charge in [0, 0.05) is 43.3 Å². The maximum atomic E-state index is 12.2. The van der Waals surface area contributed by atoms with Crippen molar-refractivity contribution in [3.05, 3.63) is 59.2 Å². The van der Waals surface area contributed by atoms with Gasteiger partial charge in [-0.15, -0.1) is 11.3 Å². The summed E-state index contributed by atoms with van der Waals surface area (Å²) in [5.41, 5.74) is 1.82. The molecule has 3 aromatic rings. The molecule has 7 heteroatoms. The van der Waals surface area contributed by atoms with Gasteiger partial charge < -0.3 is 10.2 Å². The van der Waals surface area contributed by atoms with Crippen LogP contribution in [0, 0.1) is 0 Å². The Labute approximate surface area is 149 Å². The third-order valence-electron chi connectivity index (χ3n) is 4.15. The van der Waals surface area contributed by atoms with Crippen molar-refractivity contribution in [2.75, 3.05) is 18.0 Å². The van der Waals surface area contributed by atoms with E-state index in [1.54, 1.807) is 18.6 Å². The van der Waals surface area contributed by atoms with Gasteiger partial charge in [-0.3, -0.25) is 9.78 Å². The topological polar surface area (TPSA) is 71.0 Å². The van der Waals surface area contributed by atoms with Crippen LogP contribution in [0.1, 0.15) is 16.1 Å². The molecule has 0 saturated carbocycles. The maximum absolute atomic E-state index is 12.2. The van der Waals surface area contributed by atoms with E-state index < -0.39 is 0 Å². The van der Waals surface area contributed by atoms with E-state index in [9.17, 15) is 4.79 Å². The van der Waals surface area contributed by atoms with Crippen LogP contribution in [0.5, 0.6) is 0 Å². The van der Waals surface area contributed by atoms with Crippen molar-refractivity contribution >= 4 is 23.2 Å². The van der Waals surface area contributed by atoms with Crippen molar-refractivity contribution in [1.82, 2.24) is 20.3 Å². The third-order valence-corrected chi connectivity index (χ3v) is 5.02. The van der Waals surface area contributed by atoms with Crippen LogP contribution >= 0.6 is 11.3 Å². The standard InChI is InChI=1S/C18H17N5OS/c24-17(16-4-2-10-25-16)21-14-6-9-23(12-14)18-20-8-5-15(22-18)13-3-1-7-19-11-13/h1-5,7-8,10-11,14H,6,9,12H2,(H,21,24). The number of anilines is 1. The van der Waals surface area contributed by atoms with Gasteiger partial charge in [-0.25, -0.2) is 9.97 Å². The van der Waals surface area contributed by atoms with Crippen molar-refractivity contribution in [3.8, 4) is 11.3 Å². The summed E-state index contributed by atoms with van der Waals surface area (Å²) in [6.45, 7) is 1.54. The first-order valence-electron chi connectivity index (χ1n) is 8.12. The summed E-state index contributed by atoms with van der Waals surface area (Å²) in [5.74, 6) is 0.682. The lowest BCUT2D eigenvalue weighted by Gasteiger charge is -2.17. The minimum Gasteiger partial charge on any atom is -0.347 e. The van der Waals surface area contributed by atoms with E-state index in [1.807, 2.05) is 35.7 Å². The molecule has 0 bridgehead atoms. The summed E-state index contributed by atoms with van der Waals surface area (Å²) in [6.07, 6.45) is 6.19. The van der Waals surface area contributed by atoms with Crippen molar-refractivity contribution < 1.29 is 4.79 Å². The van der Waals surface area contributed by atoms with Crippen LogP contribution in [0.2, 0.25) is 0 Å². The number of nitrogens with zero attached hydrogens (tertiary/aromatic N) is 4. The van der Waals surface area contributed by atoms with E-state index in [0.29, 0.717) is 12.5 Å². The number of rotatable bonds is 4. The number of amides is 1. The minimum absolute atomic E-state index is 0.00752. The van der Waals surface area contributed by atoms with E-state index in [1.165, 1.54) is 11.3 Å². The SMILES string of the molecule is O=C(NC1CCN(c2nccc(-c3cccnc3)n2)C1)c1cccs1. The van der Waals surface area contributed by atoms with Gasteiger partial charge in [0.25, 0.3) is 5.91 Å². The van der Waals surface area contributed by atoms with Crippen molar-refractivity contribution in [1.29, 1.82) is 0 Å². The van der Waals surface area contributed by atoms with Crippen molar-refractivity contribution in [2.24, 2.45) is 0 Å². The lowest BCUT2D eigenvalue weighted by atomic mass is 10.2. The van der Waals surface area contributed by atoms with E-state index in [-0.39, 0.29) is 11.9 Å². The summed E-state index contributed by atoms with van der Waals surface area (Å²) in [6, 6.07) is 9.59. The Morgan fingerprint density at radius 1 is 1.24 bits per heavy atom. The number of pyridine rings is 1. The number of hydrogen-bond donors (Lipinski definition) is 1. The number of hydrogen-bond acceptors (Lipinski definition) is 6. The van der Waals surface area contributed by atoms with E-state index in [0.717, 1.165) is 29.1 Å². The Hall–Kier alpha value is -2.80. The second-order valence-electron chi connectivity index (χ2n) is 5.87. The summed E-state index contributed by atoms with van der Waals surface area (Å²) < 4.78 is 0. The summed E-state index contributed by atoms with van der Waals surface area (Å²) in [7, 11) is 0. The van der Waals surface area contributed by atoms with Gasteiger partial charge >= 0.3 is 0 Å². The molecule has 126 valence electrons. The molecule has 1 aliphatic rings. The number of carbonyl (C=O) groups is 1. The summed E-state index contributed by atoms with van der Waals surface area (Å²) >= 11 is 1.45. The summed E-state index contributed by atoms with van der Waals surface area (Å²) in [4.78, 5) is 28.2. The number of thiophene rings is 1. The Bertz CT molecular complexity index is 853. The van der Waals surface area contributed by atoms with Gasteiger partial charge in [-0.05, 0) is 36.1 Å². The van der Waals surface area contributed by atoms with Crippen LogP contribution < -0.4 is 10.2 Å². The van der Waals surface area contributed by atoms with Crippen molar-refractivity contribution in [3.63, 3.8) is 0 Å². The van der Waals surface area contributed by atoms with Crippen LogP contribution in [0.15, 0.2) is 54.3 Å². The molecule has 1 N–H and O–H groups in total. The van der Waals surface area contributed by atoms with Gasteiger partial charge in [0.1, 0.15) is 0 Å². The number of aromatic nitrogens is 3. The predicted molar refractivity (Wildman–Crippen MR) is 97.7 cm³/mol. The molecule has 1 saturated heterocycles. The molecule has 25 heavy (non-hydrogen) atoms. The molecule has 1 amide bonds. The third kappa shape index (κ3) is 3.51. The molecular weight excluding hydrogens is 334 g/mol. The lowest BCUT2D eigenvalue weighted by Crippen LogP contribution is -2.37. The number of nitrogens with one attached hydrogen (secondary N) is 1.